The summed E-state index contributed by atoms with van der Waals surface area (Å²) in [7, 11) is 0. The highest BCUT2D eigenvalue weighted by molar-refractivity contribution is 6.30. The molecule has 0 aliphatic rings. The van der Waals surface area contributed by atoms with Crippen molar-refractivity contribution in [2.24, 2.45) is 0 Å². The van der Waals surface area contributed by atoms with Crippen molar-refractivity contribution < 1.29 is 5.11 Å². The second kappa shape index (κ2) is 4.04. The van der Waals surface area contributed by atoms with E-state index in [9.17, 15) is 5.11 Å². The highest BCUT2D eigenvalue weighted by atomic mass is 35.5. The molecule has 84 valence electrons. The maximum absolute atomic E-state index is 9.58. The van der Waals surface area contributed by atoms with E-state index in [2.05, 4.69) is 17.1 Å². The minimum absolute atomic E-state index is 0.384. The van der Waals surface area contributed by atoms with Gasteiger partial charge in [-0.25, -0.2) is 4.98 Å². The zero-order valence-corrected chi connectivity index (χ0v) is 10.3. The van der Waals surface area contributed by atoms with Crippen molar-refractivity contribution in [3.8, 4) is 0 Å². The minimum atomic E-state index is -0.592. The Balaban J connectivity index is 2.79. The Morgan fingerprint density at radius 2 is 1.94 bits per heavy atom. The summed E-state index contributed by atoms with van der Waals surface area (Å²) in [4.78, 5) is 4.34. The second-order valence-corrected chi connectivity index (χ2v) is 4.56. The molecule has 0 amide bonds. The molecule has 1 aromatic carbocycles. The normalized spacial score (nSPS) is 13.1. The van der Waals surface area contributed by atoms with Crippen molar-refractivity contribution in [1.29, 1.82) is 0 Å². The molecule has 2 aromatic rings. The average Bonchev–Trinajstić information content (AvgIpc) is 2.18. The van der Waals surface area contributed by atoms with Crippen molar-refractivity contribution in [1.82, 2.24) is 4.98 Å². The summed E-state index contributed by atoms with van der Waals surface area (Å²) in [6, 6.07) is 6.04. The monoisotopic (exact) mass is 235 g/mol. The first-order valence-corrected chi connectivity index (χ1v) is 5.62. The number of aliphatic hydroxyl groups is 1. The molecule has 1 aromatic heterocycles. The number of aromatic nitrogens is 1. The van der Waals surface area contributed by atoms with Crippen molar-refractivity contribution >= 4 is 22.5 Å². The number of fused-ring (bicyclic) bond motifs is 1. The molecule has 0 radical (unpaired) electrons. The van der Waals surface area contributed by atoms with Crippen LogP contribution in [0.4, 0.5) is 0 Å². The number of hydrogen-bond donors (Lipinski definition) is 1. The molecule has 1 N–H and O–H groups in total. The van der Waals surface area contributed by atoms with Gasteiger partial charge in [0, 0.05) is 10.9 Å². The summed E-state index contributed by atoms with van der Waals surface area (Å²) in [6.07, 6.45) is -0.592. The first-order chi connectivity index (χ1) is 7.49. The fourth-order valence-corrected chi connectivity index (χ4v) is 2.24. The first kappa shape index (κ1) is 11.4. The molecular weight excluding hydrogens is 222 g/mol. The van der Waals surface area contributed by atoms with Crippen LogP contribution in [0.25, 0.3) is 10.9 Å². The van der Waals surface area contributed by atoms with E-state index in [-0.39, 0.29) is 0 Å². The van der Waals surface area contributed by atoms with Crippen molar-refractivity contribution in [2.45, 2.75) is 26.9 Å². The summed E-state index contributed by atoms with van der Waals surface area (Å²) in [6.45, 7) is 5.75. The molecule has 0 unspecified atom stereocenters. The van der Waals surface area contributed by atoms with E-state index in [4.69, 9.17) is 11.6 Å². The molecule has 3 heteroatoms. The maximum Gasteiger partial charge on any atom is 0.135 e. The molecule has 2 nitrogen and oxygen atoms in total. The van der Waals surface area contributed by atoms with Gasteiger partial charge < -0.3 is 5.11 Å². The van der Waals surface area contributed by atoms with E-state index >= 15 is 0 Å². The first-order valence-electron chi connectivity index (χ1n) is 5.24. The smallest absolute Gasteiger partial charge is 0.135 e. The van der Waals surface area contributed by atoms with Crippen molar-refractivity contribution in [2.75, 3.05) is 0 Å². The molecule has 0 aliphatic heterocycles. The van der Waals surface area contributed by atoms with Crippen LogP contribution in [0.1, 0.15) is 29.7 Å². The molecular formula is C13H14ClNO. The number of rotatable bonds is 1. The Bertz CT molecular complexity index is 549. The summed E-state index contributed by atoms with van der Waals surface area (Å²) >= 11 is 6.04. The highest BCUT2D eigenvalue weighted by Gasteiger charge is 2.10. The summed E-state index contributed by atoms with van der Waals surface area (Å²) in [5.41, 5.74) is 3.87. The fraction of sp³-hybridized carbons (Fsp3) is 0.308. The van der Waals surface area contributed by atoms with Crippen molar-refractivity contribution in [3.05, 3.63) is 40.0 Å². The van der Waals surface area contributed by atoms with E-state index in [1.807, 2.05) is 19.9 Å². The van der Waals surface area contributed by atoms with Gasteiger partial charge in [-0.2, -0.15) is 0 Å². The Labute approximate surface area is 99.9 Å². The molecule has 1 heterocycles. The second-order valence-electron chi connectivity index (χ2n) is 4.20. The average molecular weight is 236 g/mol. The van der Waals surface area contributed by atoms with Gasteiger partial charge in [0.1, 0.15) is 5.15 Å². The Morgan fingerprint density at radius 3 is 2.56 bits per heavy atom. The Morgan fingerprint density at radius 1 is 1.25 bits per heavy atom. The molecule has 1 atom stereocenters. The molecule has 0 fully saturated rings. The number of hydrogen-bond acceptors (Lipinski definition) is 2. The predicted octanol–water partition coefficient (Wildman–Crippen LogP) is 3.56. The lowest BCUT2D eigenvalue weighted by molar-refractivity contribution is 0.199. The number of aliphatic hydroxyl groups excluding tert-OH is 1. The van der Waals surface area contributed by atoms with Gasteiger partial charge in [-0.1, -0.05) is 23.2 Å². The molecule has 0 saturated carbocycles. The largest absolute Gasteiger partial charge is 0.389 e. The van der Waals surface area contributed by atoms with Gasteiger partial charge in [0.25, 0.3) is 0 Å². The van der Waals surface area contributed by atoms with Gasteiger partial charge in [-0.3, -0.25) is 0 Å². The van der Waals surface area contributed by atoms with E-state index < -0.39 is 6.10 Å². The van der Waals surface area contributed by atoms with Crippen LogP contribution in [0.15, 0.2) is 18.2 Å². The highest BCUT2D eigenvalue weighted by Crippen LogP contribution is 2.27. The number of aryl methyl sites for hydroxylation is 2. The molecule has 0 bridgehead atoms. The van der Waals surface area contributed by atoms with Crippen LogP contribution in [0.5, 0.6) is 0 Å². The van der Waals surface area contributed by atoms with Crippen LogP contribution in [0.2, 0.25) is 5.15 Å². The van der Waals surface area contributed by atoms with Gasteiger partial charge in [0.15, 0.2) is 0 Å². The van der Waals surface area contributed by atoms with E-state index in [1.165, 1.54) is 5.56 Å². The lowest BCUT2D eigenvalue weighted by Gasteiger charge is -2.10. The van der Waals surface area contributed by atoms with Crippen molar-refractivity contribution in [3.63, 3.8) is 0 Å². The quantitative estimate of drug-likeness (QED) is 0.767. The zero-order chi connectivity index (χ0) is 11.9. The van der Waals surface area contributed by atoms with Crippen LogP contribution in [0.3, 0.4) is 0 Å². The summed E-state index contributed by atoms with van der Waals surface area (Å²) < 4.78 is 0. The van der Waals surface area contributed by atoms with E-state index in [0.29, 0.717) is 10.7 Å². The number of benzene rings is 1. The number of halogens is 1. The number of nitrogens with zero attached hydrogens (tertiary/aromatic N) is 1. The lowest BCUT2D eigenvalue weighted by Crippen LogP contribution is -1.96. The summed E-state index contributed by atoms with van der Waals surface area (Å²) in [5.74, 6) is 0. The van der Waals surface area contributed by atoms with Crippen LogP contribution in [-0.4, -0.2) is 10.1 Å². The van der Waals surface area contributed by atoms with Gasteiger partial charge in [0.2, 0.25) is 0 Å². The third-order valence-electron chi connectivity index (χ3n) is 2.68. The third-order valence-corrected chi connectivity index (χ3v) is 2.99. The third kappa shape index (κ3) is 1.91. The van der Waals surface area contributed by atoms with Crippen LogP contribution in [-0.2, 0) is 0 Å². The Hall–Kier alpha value is -1.12. The number of pyridine rings is 1. The lowest BCUT2D eigenvalue weighted by atomic mass is 10.0. The maximum atomic E-state index is 9.58. The predicted molar refractivity (Wildman–Crippen MR) is 66.9 cm³/mol. The van der Waals surface area contributed by atoms with Gasteiger partial charge in [-0.05, 0) is 38.5 Å². The zero-order valence-electron chi connectivity index (χ0n) is 9.58. The molecule has 0 saturated heterocycles. The molecule has 16 heavy (non-hydrogen) atoms. The fourth-order valence-electron chi connectivity index (χ4n) is 1.94. The van der Waals surface area contributed by atoms with Crippen LogP contribution in [0, 0.1) is 13.8 Å². The topological polar surface area (TPSA) is 33.1 Å². The Kier molecular flexibility index (Phi) is 2.87. The van der Waals surface area contributed by atoms with Gasteiger partial charge >= 0.3 is 0 Å². The van der Waals surface area contributed by atoms with Crippen LogP contribution < -0.4 is 0 Å². The summed E-state index contributed by atoms with van der Waals surface area (Å²) in [5, 5.41) is 11.0. The van der Waals surface area contributed by atoms with E-state index in [0.717, 1.165) is 16.5 Å². The molecule has 2 rings (SSSR count). The SMILES string of the molecule is Cc1cc(C)c2nc(Cl)c([C@@H](C)O)cc2c1. The molecule has 0 aliphatic carbocycles. The van der Waals surface area contributed by atoms with Gasteiger partial charge in [-0.15, -0.1) is 0 Å². The van der Waals surface area contributed by atoms with Gasteiger partial charge in [0.05, 0.1) is 11.6 Å². The standard InChI is InChI=1S/C13H14ClNO/c1-7-4-8(2)12-10(5-7)6-11(9(3)16)13(14)15-12/h4-6,9,16H,1-3H3/t9-/m1/s1. The minimum Gasteiger partial charge on any atom is -0.389 e. The van der Waals surface area contributed by atoms with Crippen LogP contribution >= 0.6 is 11.6 Å². The molecule has 0 spiro atoms. The van der Waals surface area contributed by atoms with E-state index in [1.54, 1.807) is 6.92 Å².